The summed E-state index contributed by atoms with van der Waals surface area (Å²) in [4.78, 5) is 11.1. The van der Waals surface area contributed by atoms with Gasteiger partial charge in [-0.15, -0.1) is 0 Å². The van der Waals surface area contributed by atoms with E-state index >= 15 is 0 Å². The molecule has 0 saturated heterocycles. The third-order valence-electron chi connectivity index (χ3n) is 2.12. The third kappa shape index (κ3) is 4.63. The van der Waals surface area contributed by atoms with E-state index in [2.05, 4.69) is 5.32 Å². The van der Waals surface area contributed by atoms with E-state index in [4.69, 9.17) is 21.1 Å². The van der Waals surface area contributed by atoms with Crippen LogP contribution in [0.15, 0.2) is 18.2 Å². The highest BCUT2D eigenvalue weighted by atomic mass is 35.5. The molecular weight excluding hydrogens is 242 g/mol. The fourth-order valence-corrected chi connectivity index (χ4v) is 1.62. The van der Waals surface area contributed by atoms with Gasteiger partial charge in [0.2, 0.25) is 0 Å². The molecule has 5 heteroatoms. The number of carbonyl (C=O) groups excluding carboxylic acids is 1. The molecular formula is C12H16ClNO3. The van der Waals surface area contributed by atoms with Gasteiger partial charge in [-0.1, -0.05) is 17.7 Å². The van der Waals surface area contributed by atoms with Crippen LogP contribution in [0.3, 0.4) is 0 Å². The standard InChI is InChI=1S/C12H16ClNO3/c1-3-17-12(15)8-14-7-9-4-5-11(16-2)10(13)6-9/h4-6,14H,3,7-8H2,1-2H3. The molecule has 0 heterocycles. The first-order valence-electron chi connectivity index (χ1n) is 5.36. The van der Waals surface area contributed by atoms with Crippen molar-refractivity contribution in [3.8, 4) is 5.75 Å². The lowest BCUT2D eigenvalue weighted by molar-refractivity contribution is -0.142. The molecule has 1 rings (SSSR count). The Morgan fingerprint density at radius 2 is 2.24 bits per heavy atom. The van der Waals surface area contributed by atoms with Crippen LogP contribution in [0.4, 0.5) is 0 Å². The lowest BCUT2D eigenvalue weighted by atomic mass is 10.2. The molecule has 0 fully saturated rings. The first-order chi connectivity index (χ1) is 8.17. The number of nitrogens with one attached hydrogen (secondary N) is 1. The summed E-state index contributed by atoms with van der Waals surface area (Å²) < 4.78 is 9.84. The Kier molecular flexibility index (Phi) is 5.80. The van der Waals surface area contributed by atoms with Crippen molar-refractivity contribution in [2.24, 2.45) is 0 Å². The first kappa shape index (κ1) is 13.8. The maximum atomic E-state index is 11.1. The zero-order chi connectivity index (χ0) is 12.7. The van der Waals surface area contributed by atoms with Gasteiger partial charge in [-0.05, 0) is 24.6 Å². The van der Waals surface area contributed by atoms with Gasteiger partial charge in [0.15, 0.2) is 0 Å². The fourth-order valence-electron chi connectivity index (χ4n) is 1.34. The Labute approximate surface area is 106 Å². The lowest BCUT2D eigenvalue weighted by Gasteiger charge is -2.07. The van der Waals surface area contributed by atoms with E-state index in [1.54, 1.807) is 26.2 Å². The highest BCUT2D eigenvalue weighted by molar-refractivity contribution is 6.32. The Morgan fingerprint density at radius 3 is 2.82 bits per heavy atom. The molecule has 0 aliphatic rings. The van der Waals surface area contributed by atoms with E-state index in [-0.39, 0.29) is 12.5 Å². The summed E-state index contributed by atoms with van der Waals surface area (Å²) in [5.41, 5.74) is 0.986. The highest BCUT2D eigenvalue weighted by Gasteiger charge is 2.03. The molecule has 0 atom stereocenters. The monoisotopic (exact) mass is 257 g/mol. The van der Waals surface area contributed by atoms with Crippen LogP contribution in [-0.4, -0.2) is 26.2 Å². The SMILES string of the molecule is CCOC(=O)CNCc1ccc(OC)c(Cl)c1. The molecule has 0 aliphatic carbocycles. The second-order valence-corrected chi connectivity index (χ2v) is 3.78. The Bertz CT molecular complexity index is 382. The molecule has 1 N–H and O–H groups in total. The predicted octanol–water partition coefficient (Wildman–Crippen LogP) is 2.00. The maximum absolute atomic E-state index is 11.1. The number of ether oxygens (including phenoxy) is 2. The normalized spacial score (nSPS) is 10.1. The molecule has 0 aromatic heterocycles. The van der Waals surface area contributed by atoms with Gasteiger partial charge in [0, 0.05) is 6.54 Å². The molecule has 0 amide bonds. The minimum Gasteiger partial charge on any atom is -0.495 e. The zero-order valence-corrected chi connectivity index (χ0v) is 10.7. The summed E-state index contributed by atoms with van der Waals surface area (Å²) in [7, 11) is 1.57. The molecule has 1 aromatic rings. The Balaban J connectivity index is 2.42. The van der Waals surface area contributed by atoms with E-state index in [1.165, 1.54) is 0 Å². The van der Waals surface area contributed by atoms with E-state index in [0.717, 1.165) is 5.56 Å². The van der Waals surface area contributed by atoms with E-state index in [1.807, 2.05) is 6.07 Å². The summed E-state index contributed by atoms with van der Waals surface area (Å²) >= 11 is 5.98. The van der Waals surface area contributed by atoms with Crippen molar-refractivity contribution in [3.63, 3.8) is 0 Å². The summed E-state index contributed by atoms with van der Waals surface area (Å²) in [6, 6.07) is 5.49. The Morgan fingerprint density at radius 1 is 1.47 bits per heavy atom. The number of carbonyl (C=O) groups is 1. The number of esters is 1. The van der Waals surface area contributed by atoms with Gasteiger partial charge < -0.3 is 14.8 Å². The van der Waals surface area contributed by atoms with Crippen molar-refractivity contribution in [1.29, 1.82) is 0 Å². The van der Waals surface area contributed by atoms with Gasteiger partial charge in [0.05, 0.1) is 25.3 Å². The first-order valence-corrected chi connectivity index (χ1v) is 5.74. The van der Waals surface area contributed by atoms with Crippen LogP contribution in [0.25, 0.3) is 0 Å². The predicted molar refractivity (Wildman–Crippen MR) is 66.3 cm³/mol. The van der Waals surface area contributed by atoms with Crippen molar-refractivity contribution >= 4 is 17.6 Å². The van der Waals surface area contributed by atoms with Crippen LogP contribution in [0.1, 0.15) is 12.5 Å². The Hall–Kier alpha value is -1.26. The summed E-state index contributed by atoms with van der Waals surface area (Å²) in [6.45, 7) is 2.93. The number of hydrogen-bond acceptors (Lipinski definition) is 4. The van der Waals surface area contributed by atoms with Crippen LogP contribution >= 0.6 is 11.6 Å². The summed E-state index contributed by atoms with van der Waals surface area (Å²) in [6.07, 6.45) is 0. The molecule has 0 aliphatic heterocycles. The summed E-state index contributed by atoms with van der Waals surface area (Å²) in [5.74, 6) is 0.382. The topological polar surface area (TPSA) is 47.6 Å². The van der Waals surface area contributed by atoms with Crippen molar-refractivity contribution < 1.29 is 14.3 Å². The van der Waals surface area contributed by atoms with Crippen LogP contribution in [0, 0.1) is 0 Å². The lowest BCUT2D eigenvalue weighted by Crippen LogP contribution is -2.24. The van der Waals surface area contributed by atoms with Gasteiger partial charge in [0.25, 0.3) is 0 Å². The maximum Gasteiger partial charge on any atom is 0.319 e. The van der Waals surface area contributed by atoms with E-state index in [0.29, 0.717) is 23.9 Å². The van der Waals surface area contributed by atoms with Crippen molar-refractivity contribution in [1.82, 2.24) is 5.32 Å². The number of hydrogen-bond donors (Lipinski definition) is 1. The number of benzene rings is 1. The second kappa shape index (κ2) is 7.14. The van der Waals surface area contributed by atoms with E-state index < -0.39 is 0 Å². The minimum atomic E-state index is -0.257. The molecule has 94 valence electrons. The van der Waals surface area contributed by atoms with Crippen LogP contribution in [0.2, 0.25) is 5.02 Å². The highest BCUT2D eigenvalue weighted by Crippen LogP contribution is 2.24. The van der Waals surface area contributed by atoms with Crippen molar-refractivity contribution in [2.45, 2.75) is 13.5 Å². The van der Waals surface area contributed by atoms with Gasteiger partial charge in [-0.3, -0.25) is 4.79 Å². The molecule has 0 unspecified atom stereocenters. The molecule has 0 bridgehead atoms. The summed E-state index contributed by atoms with van der Waals surface area (Å²) in [5, 5.41) is 3.54. The number of methoxy groups -OCH3 is 1. The fraction of sp³-hybridized carbons (Fsp3) is 0.417. The second-order valence-electron chi connectivity index (χ2n) is 3.38. The number of halogens is 1. The molecule has 0 saturated carbocycles. The van der Waals surface area contributed by atoms with Gasteiger partial charge >= 0.3 is 5.97 Å². The van der Waals surface area contributed by atoms with Crippen molar-refractivity contribution in [2.75, 3.05) is 20.3 Å². The number of rotatable bonds is 6. The van der Waals surface area contributed by atoms with Crippen LogP contribution in [-0.2, 0) is 16.1 Å². The van der Waals surface area contributed by atoms with Gasteiger partial charge in [-0.25, -0.2) is 0 Å². The van der Waals surface area contributed by atoms with Gasteiger partial charge in [-0.2, -0.15) is 0 Å². The molecule has 0 spiro atoms. The molecule has 0 radical (unpaired) electrons. The minimum absolute atomic E-state index is 0.192. The van der Waals surface area contributed by atoms with Crippen LogP contribution in [0.5, 0.6) is 5.75 Å². The molecule has 1 aromatic carbocycles. The van der Waals surface area contributed by atoms with E-state index in [9.17, 15) is 4.79 Å². The third-order valence-corrected chi connectivity index (χ3v) is 2.42. The zero-order valence-electron chi connectivity index (χ0n) is 9.96. The molecule has 17 heavy (non-hydrogen) atoms. The average Bonchev–Trinajstić information content (AvgIpc) is 2.29. The quantitative estimate of drug-likeness (QED) is 0.792. The molecule has 4 nitrogen and oxygen atoms in total. The van der Waals surface area contributed by atoms with Gasteiger partial charge in [0.1, 0.15) is 5.75 Å². The van der Waals surface area contributed by atoms with Crippen molar-refractivity contribution in [3.05, 3.63) is 28.8 Å². The van der Waals surface area contributed by atoms with Crippen LogP contribution < -0.4 is 10.1 Å². The smallest absolute Gasteiger partial charge is 0.319 e. The largest absolute Gasteiger partial charge is 0.495 e. The average molecular weight is 258 g/mol.